The van der Waals surface area contributed by atoms with Gasteiger partial charge < -0.3 is 19.6 Å². The second-order valence-corrected chi connectivity index (χ2v) is 7.89. The van der Waals surface area contributed by atoms with Crippen molar-refractivity contribution in [1.29, 1.82) is 0 Å². The molecule has 1 N–H and O–H groups in total. The summed E-state index contributed by atoms with van der Waals surface area (Å²) in [6.45, 7) is 3.24. The lowest BCUT2D eigenvalue weighted by atomic mass is 9.86. The first-order valence-corrected chi connectivity index (χ1v) is 9.68. The van der Waals surface area contributed by atoms with Gasteiger partial charge in [0.1, 0.15) is 11.3 Å². The van der Waals surface area contributed by atoms with Crippen molar-refractivity contribution in [1.82, 2.24) is 14.7 Å². The minimum Gasteiger partial charge on any atom is -0.497 e. The van der Waals surface area contributed by atoms with Gasteiger partial charge in [-0.05, 0) is 51.7 Å². The normalized spacial score (nSPS) is 25.1. The Morgan fingerprint density at radius 1 is 1.21 bits per heavy atom. The Kier molecular flexibility index (Phi) is 7.06. The van der Waals surface area contributed by atoms with E-state index in [1.54, 1.807) is 19.1 Å². The summed E-state index contributed by atoms with van der Waals surface area (Å²) in [5.74, 6) is -0.565. The van der Waals surface area contributed by atoms with Gasteiger partial charge in [-0.2, -0.15) is 0 Å². The number of carboxylic acid groups (broad SMARTS) is 1. The Balaban J connectivity index is 2.40. The van der Waals surface area contributed by atoms with E-state index in [-0.39, 0.29) is 11.9 Å². The fourth-order valence-electron chi connectivity index (χ4n) is 4.16. The molecule has 1 aliphatic heterocycles. The number of carbonyl (C=O) groups excluding carboxylic acids is 1. The van der Waals surface area contributed by atoms with Gasteiger partial charge in [0.15, 0.2) is 0 Å². The van der Waals surface area contributed by atoms with Crippen molar-refractivity contribution < 1.29 is 19.4 Å². The molecule has 0 aromatic heterocycles. The van der Waals surface area contributed by atoms with Gasteiger partial charge in [-0.1, -0.05) is 19.1 Å². The van der Waals surface area contributed by atoms with E-state index >= 15 is 0 Å². The second kappa shape index (κ2) is 8.92. The topological polar surface area (TPSA) is 73.3 Å². The lowest BCUT2D eigenvalue weighted by Crippen LogP contribution is -2.48. The van der Waals surface area contributed by atoms with Crippen LogP contribution >= 0.6 is 0 Å². The number of methoxy groups -OCH3 is 1. The highest BCUT2D eigenvalue weighted by molar-refractivity contribution is 5.85. The predicted molar refractivity (Wildman–Crippen MR) is 108 cm³/mol. The van der Waals surface area contributed by atoms with Gasteiger partial charge in [0.05, 0.1) is 13.0 Å². The van der Waals surface area contributed by atoms with Crippen LogP contribution < -0.4 is 4.74 Å². The zero-order valence-electron chi connectivity index (χ0n) is 17.8. The maximum atomic E-state index is 13.3. The maximum Gasteiger partial charge on any atom is 0.324 e. The molecule has 3 atom stereocenters. The summed E-state index contributed by atoms with van der Waals surface area (Å²) in [7, 11) is 9.15. The number of nitrogens with zero attached hydrogens (tertiary/aromatic N) is 3. The number of carboxylic acids is 1. The van der Waals surface area contributed by atoms with Crippen molar-refractivity contribution in [3.63, 3.8) is 0 Å². The highest BCUT2D eigenvalue weighted by Crippen LogP contribution is 2.48. The Hall–Kier alpha value is -2.12. The van der Waals surface area contributed by atoms with Crippen LogP contribution in [0.25, 0.3) is 0 Å². The zero-order chi connectivity index (χ0) is 21.1. The summed E-state index contributed by atoms with van der Waals surface area (Å²) >= 11 is 0. The number of likely N-dealkylation sites (tertiary alicyclic amines) is 1. The Morgan fingerprint density at radius 2 is 1.82 bits per heavy atom. The van der Waals surface area contributed by atoms with E-state index in [0.717, 1.165) is 17.9 Å². The molecule has 28 heavy (non-hydrogen) atoms. The quantitative estimate of drug-likeness (QED) is 0.730. The average Bonchev–Trinajstić information content (AvgIpc) is 2.99. The first kappa shape index (κ1) is 22.2. The fraction of sp³-hybridized carbons (Fsp3) is 0.619. The van der Waals surface area contributed by atoms with E-state index in [4.69, 9.17) is 4.74 Å². The van der Waals surface area contributed by atoms with Crippen LogP contribution in [0.4, 0.5) is 0 Å². The van der Waals surface area contributed by atoms with Crippen molar-refractivity contribution in [3.8, 4) is 5.75 Å². The average molecular weight is 392 g/mol. The molecule has 1 saturated heterocycles. The van der Waals surface area contributed by atoms with E-state index in [9.17, 15) is 14.7 Å². The standard InChI is InChI=1S/C21H33N3O4/c1-7-21(20(26)27)14-17(19(25)23(4)13-12-22(2)3)18(24(21)5)15-8-10-16(28-6)11-9-15/h8-11,17-18H,7,12-14H2,1-6H3,(H,26,27)/t17-,18-,21-/m0/s1. The molecule has 0 radical (unpaired) electrons. The highest BCUT2D eigenvalue weighted by Gasteiger charge is 2.56. The molecule has 0 spiro atoms. The molecule has 1 amide bonds. The third kappa shape index (κ3) is 4.15. The maximum absolute atomic E-state index is 13.3. The summed E-state index contributed by atoms with van der Waals surface area (Å²) in [4.78, 5) is 31.1. The van der Waals surface area contributed by atoms with E-state index in [1.807, 2.05) is 62.1 Å². The van der Waals surface area contributed by atoms with Crippen molar-refractivity contribution in [2.24, 2.45) is 5.92 Å². The van der Waals surface area contributed by atoms with Crippen molar-refractivity contribution in [2.75, 3.05) is 48.4 Å². The van der Waals surface area contributed by atoms with Gasteiger partial charge in [0.2, 0.25) is 5.91 Å². The zero-order valence-corrected chi connectivity index (χ0v) is 17.8. The number of aliphatic carboxylic acids is 1. The summed E-state index contributed by atoms with van der Waals surface area (Å²) in [5, 5.41) is 10.0. The Morgan fingerprint density at radius 3 is 2.29 bits per heavy atom. The molecule has 1 aromatic rings. The molecular formula is C21H33N3O4. The number of carbonyl (C=O) groups is 2. The number of hydrogen-bond donors (Lipinski definition) is 1. The highest BCUT2D eigenvalue weighted by atomic mass is 16.5. The molecule has 1 fully saturated rings. The minimum atomic E-state index is -1.05. The van der Waals surface area contributed by atoms with Crippen LogP contribution in [-0.4, -0.2) is 85.6 Å². The summed E-state index contributed by atoms with van der Waals surface area (Å²) in [5.41, 5.74) is -0.118. The Labute approximate surface area is 167 Å². The number of benzene rings is 1. The van der Waals surface area contributed by atoms with Crippen LogP contribution in [0.15, 0.2) is 24.3 Å². The lowest BCUT2D eigenvalue weighted by Gasteiger charge is -2.34. The smallest absolute Gasteiger partial charge is 0.324 e. The minimum absolute atomic E-state index is 0.00825. The molecule has 7 nitrogen and oxygen atoms in total. The third-order valence-electron chi connectivity index (χ3n) is 6.05. The summed E-state index contributed by atoms with van der Waals surface area (Å²) in [6.07, 6.45) is 0.744. The van der Waals surface area contributed by atoms with Gasteiger partial charge in [0.25, 0.3) is 0 Å². The van der Waals surface area contributed by atoms with Crippen molar-refractivity contribution >= 4 is 11.9 Å². The second-order valence-electron chi connectivity index (χ2n) is 7.89. The first-order chi connectivity index (χ1) is 13.2. The van der Waals surface area contributed by atoms with Gasteiger partial charge in [-0.25, -0.2) is 0 Å². The molecule has 1 aliphatic rings. The van der Waals surface area contributed by atoms with Crippen molar-refractivity contribution in [3.05, 3.63) is 29.8 Å². The van der Waals surface area contributed by atoms with Gasteiger partial charge in [-0.3, -0.25) is 14.5 Å². The molecule has 156 valence electrons. The first-order valence-electron chi connectivity index (χ1n) is 9.68. The van der Waals surface area contributed by atoms with Crippen LogP contribution in [0.1, 0.15) is 31.4 Å². The van der Waals surface area contributed by atoms with E-state index in [2.05, 4.69) is 0 Å². The SMILES string of the molecule is CC[C@@]1(C(=O)O)C[C@H](C(=O)N(C)CCN(C)C)[C@H](c2ccc(OC)cc2)N1C. The molecule has 1 heterocycles. The van der Waals surface area contributed by atoms with Gasteiger partial charge in [0, 0.05) is 26.2 Å². The summed E-state index contributed by atoms with van der Waals surface area (Å²) < 4.78 is 5.24. The number of amides is 1. The Bertz CT molecular complexity index is 691. The van der Waals surface area contributed by atoms with E-state index in [1.165, 1.54) is 0 Å². The molecule has 7 heteroatoms. The van der Waals surface area contributed by atoms with Crippen LogP contribution in [0.3, 0.4) is 0 Å². The van der Waals surface area contributed by atoms with Crippen LogP contribution in [0.2, 0.25) is 0 Å². The molecule has 0 unspecified atom stereocenters. The molecule has 2 rings (SSSR count). The van der Waals surface area contributed by atoms with E-state index < -0.39 is 17.4 Å². The lowest BCUT2D eigenvalue weighted by molar-refractivity contribution is -0.150. The molecule has 1 aromatic carbocycles. The largest absolute Gasteiger partial charge is 0.497 e. The number of ether oxygens (including phenoxy) is 1. The number of rotatable bonds is 8. The van der Waals surface area contributed by atoms with Crippen LogP contribution in [-0.2, 0) is 9.59 Å². The molecule has 0 bridgehead atoms. The molecule has 0 aliphatic carbocycles. The molecule has 0 saturated carbocycles. The van der Waals surface area contributed by atoms with Crippen molar-refractivity contribution in [2.45, 2.75) is 31.3 Å². The van der Waals surface area contributed by atoms with E-state index in [0.29, 0.717) is 19.4 Å². The fourth-order valence-corrected chi connectivity index (χ4v) is 4.16. The summed E-state index contributed by atoms with van der Waals surface area (Å²) in [6, 6.07) is 7.26. The third-order valence-corrected chi connectivity index (χ3v) is 6.05. The van der Waals surface area contributed by atoms with Gasteiger partial charge in [-0.15, -0.1) is 0 Å². The van der Waals surface area contributed by atoms with Crippen LogP contribution in [0, 0.1) is 5.92 Å². The van der Waals surface area contributed by atoms with Crippen LogP contribution in [0.5, 0.6) is 5.75 Å². The number of likely N-dealkylation sites (N-methyl/N-ethyl adjacent to an activating group) is 3. The molecular weight excluding hydrogens is 358 g/mol. The van der Waals surface area contributed by atoms with Gasteiger partial charge >= 0.3 is 5.97 Å². The predicted octanol–water partition coefficient (Wildman–Crippen LogP) is 1.94. The monoisotopic (exact) mass is 391 g/mol. The number of hydrogen-bond acceptors (Lipinski definition) is 5.